The molecule has 1 atom stereocenters. The van der Waals surface area contributed by atoms with Gasteiger partial charge in [-0.15, -0.1) is 0 Å². The fourth-order valence-corrected chi connectivity index (χ4v) is 2.37. The smallest absolute Gasteiger partial charge is 0.298 e. The van der Waals surface area contributed by atoms with E-state index < -0.39 is 39.9 Å². The predicted molar refractivity (Wildman–Crippen MR) is 65.7 cm³/mol. The number of halogens is 6. The summed E-state index contributed by atoms with van der Waals surface area (Å²) in [5.41, 5.74) is -5.11. The summed E-state index contributed by atoms with van der Waals surface area (Å²) in [5.74, 6) is -0.462. The van der Waals surface area contributed by atoms with Crippen LogP contribution in [0.25, 0.3) is 0 Å². The second-order valence-corrected chi connectivity index (χ2v) is 5.67. The number of rotatable bonds is 4. The normalized spacial score (nSPS) is 13.7. The summed E-state index contributed by atoms with van der Waals surface area (Å²) in [4.78, 5) is 9.91. The molecule has 0 aliphatic carbocycles. The third kappa shape index (κ3) is 4.76. The number of Topliss-reactive ketones (excluding diaryl/α,β-unsaturated/α-hetero) is 1. The zero-order valence-electron chi connectivity index (χ0n) is 9.47. The minimum absolute atomic E-state index is 0.142. The zero-order valence-corrected chi connectivity index (χ0v) is 11.9. The molecular formula is C11H8BrF5OS. The molecule has 0 spiro atoms. The van der Waals surface area contributed by atoms with Crippen LogP contribution < -0.4 is 0 Å². The number of thioether (sulfide) groups is 1. The second kappa shape index (κ2) is 6.21. The molecule has 1 aromatic carbocycles. The van der Waals surface area contributed by atoms with Gasteiger partial charge in [0.15, 0.2) is 0 Å². The van der Waals surface area contributed by atoms with E-state index in [1.165, 1.54) is 0 Å². The van der Waals surface area contributed by atoms with Crippen LogP contribution in [0.15, 0.2) is 23.1 Å². The highest BCUT2D eigenvalue weighted by Gasteiger charge is 2.30. The quantitative estimate of drug-likeness (QED) is 0.412. The maximum Gasteiger partial charge on any atom is 0.446 e. The lowest BCUT2D eigenvalue weighted by atomic mass is 10.0. The average Bonchev–Trinajstić information content (AvgIpc) is 2.25. The van der Waals surface area contributed by atoms with E-state index in [9.17, 15) is 26.7 Å². The van der Waals surface area contributed by atoms with Gasteiger partial charge in [0.2, 0.25) is 0 Å². The van der Waals surface area contributed by atoms with E-state index in [0.717, 1.165) is 25.1 Å². The molecule has 106 valence electrons. The van der Waals surface area contributed by atoms with Crippen LogP contribution in [0.4, 0.5) is 22.0 Å². The standard InChI is InChI=1S/C11H8BrF5OS/c1-5(18)9(12)8-4-6(19-11(15,16)17)2-3-7(8)10(13)14/h2-4,9-10H,1H3. The fourth-order valence-electron chi connectivity index (χ4n) is 1.39. The van der Waals surface area contributed by atoms with Crippen molar-refractivity contribution in [2.45, 2.75) is 28.6 Å². The minimum Gasteiger partial charge on any atom is -0.298 e. The molecule has 0 aliphatic rings. The maximum absolute atomic E-state index is 12.8. The molecule has 0 amide bonds. The van der Waals surface area contributed by atoms with Crippen LogP contribution in [0, 0.1) is 0 Å². The predicted octanol–water partition coefficient (Wildman–Crippen LogP) is 5.26. The van der Waals surface area contributed by atoms with Crippen LogP contribution in [0.5, 0.6) is 0 Å². The molecular weight excluding hydrogens is 355 g/mol. The number of benzene rings is 1. The summed E-state index contributed by atoms with van der Waals surface area (Å²) in [7, 11) is 0. The largest absolute Gasteiger partial charge is 0.446 e. The molecule has 1 nitrogen and oxygen atoms in total. The van der Waals surface area contributed by atoms with Crippen LogP contribution in [-0.4, -0.2) is 11.3 Å². The van der Waals surface area contributed by atoms with Crippen molar-refractivity contribution in [2.24, 2.45) is 0 Å². The second-order valence-electron chi connectivity index (χ2n) is 3.61. The summed E-state index contributed by atoms with van der Waals surface area (Å²) in [6, 6.07) is 2.83. The van der Waals surface area contributed by atoms with E-state index in [-0.39, 0.29) is 10.5 Å². The van der Waals surface area contributed by atoms with Crippen molar-refractivity contribution in [2.75, 3.05) is 0 Å². The lowest BCUT2D eigenvalue weighted by Gasteiger charge is -2.14. The molecule has 0 aliphatic heterocycles. The Labute approximate surface area is 118 Å². The molecule has 0 radical (unpaired) electrons. The van der Waals surface area contributed by atoms with Gasteiger partial charge in [-0.1, -0.05) is 22.0 Å². The first-order chi connectivity index (χ1) is 8.61. The summed E-state index contributed by atoms with van der Waals surface area (Å²) >= 11 is 2.50. The molecule has 1 rings (SSSR count). The molecule has 0 fully saturated rings. The number of ketones is 1. The van der Waals surface area contributed by atoms with Gasteiger partial charge in [-0.05, 0) is 36.4 Å². The van der Waals surface area contributed by atoms with Gasteiger partial charge < -0.3 is 0 Å². The Bertz CT molecular complexity index is 475. The lowest BCUT2D eigenvalue weighted by Crippen LogP contribution is -2.06. The van der Waals surface area contributed by atoms with Gasteiger partial charge in [0, 0.05) is 10.5 Å². The van der Waals surface area contributed by atoms with E-state index >= 15 is 0 Å². The van der Waals surface area contributed by atoms with Gasteiger partial charge in [0.25, 0.3) is 6.43 Å². The van der Waals surface area contributed by atoms with Gasteiger partial charge >= 0.3 is 5.51 Å². The Morgan fingerprint density at radius 1 is 1.26 bits per heavy atom. The van der Waals surface area contributed by atoms with Crippen LogP contribution in [-0.2, 0) is 4.79 Å². The number of hydrogen-bond acceptors (Lipinski definition) is 2. The summed E-state index contributed by atoms with van der Waals surface area (Å²) in [6.45, 7) is 1.16. The first kappa shape index (κ1) is 16.4. The van der Waals surface area contributed by atoms with E-state index in [4.69, 9.17) is 0 Å². The monoisotopic (exact) mass is 362 g/mol. The molecule has 0 aromatic heterocycles. The number of carbonyl (C=O) groups excluding carboxylic acids is 1. The van der Waals surface area contributed by atoms with Crippen molar-refractivity contribution in [3.63, 3.8) is 0 Å². The molecule has 19 heavy (non-hydrogen) atoms. The Morgan fingerprint density at radius 2 is 1.84 bits per heavy atom. The fraction of sp³-hybridized carbons (Fsp3) is 0.364. The van der Waals surface area contributed by atoms with Crippen LogP contribution >= 0.6 is 27.7 Å². The third-order valence-corrected chi connectivity index (χ3v) is 4.02. The van der Waals surface area contributed by atoms with Crippen molar-refractivity contribution in [3.8, 4) is 0 Å². The molecule has 0 saturated heterocycles. The van der Waals surface area contributed by atoms with Crippen molar-refractivity contribution in [3.05, 3.63) is 29.3 Å². The number of hydrogen-bond donors (Lipinski definition) is 0. The van der Waals surface area contributed by atoms with E-state index in [1.54, 1.807) is 0 Å². The first-order valence-electron chi connectivity index (χ1n) is 4.94. The Hall–Kier alpha value is -0.630. The molecule has 0 saturated carbocycles. The number of alkyl halides is 6. The van der Waals surface area contributed by atoms with Crippen molar-refractivity contribution < 1.29 is 26.7 Å². The van der Waals surface area contributed by atoms with Crippen molar-refractivity contribution in [1.29, 1.82) is 0 Å². The average molecular weight is 363 g/mol. The highest BCUT2D eigenvalue weighted by molar-refractivity contribution is 9.09. The first-order valence-corrected chi connectivity index (χ1v) is 6.67. The Morgan fingerprint density at radius 3 is 2.26 bits per heavy atom. The molecule has 0 heterocycles. The summed E-state index contributed by atoms with van der Waals surface area (Å²) in [6.07, 6.45) is -2.86. The summed E-state index contributed by atoms with van der Waals surface area (Å²) < 4.78 is 62.2. The SMILES string of the molecule is CC(=O)C(Br)c1cc(SC(F)(F)F)ccc1C(F)F. The number of carbonyl (C=O) groups is 1. The highest BCUT2D eigenvalue weighted by atomic mass is 79.9. The van der Waals surface area contributed by atoms with E-state index in [1.807, 2.05) is 0 Å². The van der Waals surface area contributed by atoms with Crippen molar-refractivity contribution in [1.82, 2.24) is 0 Å². The third-order valence-electron chi connectivity index (χ3n) is 2.16. The van der Waals surface area contributed by atoms with Gasteiger partial charge in [-0.2, -0.15) is 13.2 Å². The Kier molecular flexibility index (Phi) is 5.37. The van der Waals surface area contributed by atoms with E-state index in [0.29, 0.717) is 0 Å². The highest BCUT2D eigenvalue weighted by Crippen LogP contribution is 2.40. The molecule has 1 aromatic rings. The van der Waals surface area contributed by atoms with Gasteiger partial charge in [-0.3, -0.25) is 4.79 Å². The van der Waals surface area contributed by atoms with Crippen LogP contribution in [0.3, 0.4) is 0 Å². The van der Waals surface area contributed by atoms with Crippen LogP contribution in [0.1, 0.15) is 29.3 Å². The minimum atomic E-state index is -4.51. The topological polar surface area (TPSA) is 17.1 Å². The maximum atomic E-state index is 12.8. The lowest BCUT2D eigenvalue weighted by molar-refractivity contribution is -0.116. The summed E-state index contributed by atoms with van der Waals surface area (Å²) in [5, 5.41) is 0. The molecule has 8 heteroatoms. The van der Waals surface area contributed by atoms with E-state index in [2.05, 4.69) is 15.9 Å². The van der Waals surface area contributed by atoms with Crippen molar-refractivity contribution >= 4 is 33.5 Å². The molecule has 0 bridgehead atoms. The Balaban J connectivity index is 3.22. The van der Waals surface area contributed by atoms with Gasteiger partial charge in [0.1, 0.15) is 5.78 Å². The zero-order chi connectivity index (χ0) is 14.8. The molecule has 0 N–H and O–H groups in total. The molecule has 1 unspecified atom stereocenters. The van der Waals surface area contributed by atoms with Crippen LogP contribution in [0.2, 0.25) is 0 Å². The van der Waals surface area contributed by atoms with Gasteiger partial charge in [0.05, 0.1) is 4.83 Å². The van der Waals surface area contributed by atoms with Gasteiger partial charge in [-0.25, -0.2) is 8.78 Å².